The van der Waals surface area contributed by atoms with Crippen molar-refractivity contribution in [3.63, 3.8) is 0 Å². The second-order valence-electron chi connectivity index (χ2n) is 0. The van der Waals surface area contributed by atoms with E-state index in [4.69, 9.17) is 0 Å². The van der Waals surface area contributed by atoms with E-state index in [0.29, 0.717) is 0 Å². The minimum atomic E-state index is 0. The first-order valence-electron chi connectivity index (χ1n) is 0. The summed E-state index contributed by atoms with van der Waals surface area (Å²) in [5.41, 5.74) is 0. The fourth-order valence-electron chi connectivity index (χ4n) is 0. The summed E-state index contributed by atoms with van der Waals surface area (Å²) in [7, 11) is 0. The molecule has 0 rings (SSSR count). The molecule has 0 spiro atoms. The van der Waals surface area contributed by atoms with Gasteiger partial charge >= 0.3 is 21.7 Å². The molecule has 0 aliphatic rings. The van der Waals surface area contributed by atoms with Crippen LogP contribution < -0.4 is 0 Å². The summed E-state index contributed by atoms with van der Waals surface area (Å²) in [6, 6.07) is 0. The second kappa shape index (κ2) is 49.0. The van der Waals surface area contributed by atoms with E-state index in [0.717, 1.165) is 0 Å². The van der Waals surface area contributed by atoms with Crippen LogP contribution in [0.5, 0.6) is 0 Å². The van der Waals surface area contributed by atoms with Gasteiger partial charge in [0.2, 0.25) is 0 Å². The molecular weight excluding hydrogens is 568 g/mol. The zero-order valence-electron chi connectivity index (χ0n) is 2.32. The van der Waals surface area contributed by atoms with Crippen LogP contribution in [-0.4, -0.2) is 0 Å². The normalized spacial score (nSPS) is 0. The molecule has 1 radical (unpaired) electrons. The van der Waals surface area contributed by atoms with Gasteiger partial charge in [0.05, 0.1) is 0 Å². The van der Waals surface area contributed by atoms with Crippen LogP contribution in [0, 0.1) is 0 Å². The van der Waals surface area contributed by atoms with Crippen LogP contribution in [0.2, 0.25) is 0 Å². The van der Waals surface area contributed by atoms with Crippen LogP contribution >= 0.6 is 0 Å². The molecule has 0 saturated heterocycles. The van der Waals surface area contributed by atoms with Crippen molar-refractivity contribution in [1.82, 2.24) is 0 Å². The van der Waals surface area contributed by atoms with E-state index in [1.165, 1.54) is 0 Å². The summed E-state index contributed by atoms with van der Waals surface area (Å²) >= 11 is 0. The molecule has 0 aromatic rings. The zero-order chi connectivity index (χ0) is 0. The largest absolute Gasteiger partial charge is 4.00 e. The van der Waals surface area contributed by atoms with Gasteiger partial charge in [-0.1, -0.05) is 0 Å². The van der Waals surface area contributed by atoms with E-state index in [9.17, 15) is 0 Å². The molecular formula is IrO2PtRuTi. The quantitative estimate of drug-likeness (QED) is 0.363. The summed E-state index contributed by atoms with van der Waals surface area (Å²) in [6.45, 7) is 0. The van der Waals surface area contributed by atoms with E-state index < -0.39 is 0 Å². The van der Waals surface area contributed by atoms with E-state index in [1.54, 1.807) is 0 Å². The minimum Gasteiger partial charge on any atom is -2.00 e. The topological polar surface area (TPSA) is 57.0 Å². The third-order valence-corrected chi connectivity index (χ3v) is 0. The molecule has 0 atom stereocenters. The van der Waals surface area contributed by atoms with E-state index in [2.05, 4.69) is 0 Å². The van der Waals surface area contributed by atoms with E-state index >= 15 is 0 Å². The van der Waals surface area contributed by atoms with Crippen molar-refractivity contribution in [3.8, 4) is 0 Å². The molecule has 0 heterocycles. The zero-order valence-corrected chi connectivity index (χ0v) is 10.3. The average Bonchev–Trinajstić information content (AvgIpc) is 0. The first-order chi connectivity index (χ1) is 0. The number of hydrogen-bond acceptors (Lipinski definition) is 0. The van der Waals surface area contributed by atoms with Crippen molar-refractivity contribution in [2.24, 2.45) is 0 Å². The summed E-state index contributed by atoms with van der Waals surface area (Å²) in [6.07, 6.45) is 0. The third kappa shape index (κ3) is 30.7. The molecule has 43 valence electrons. The predicted molar refractivity (Wildman–Crippen MR) is 1.37 cm³/mol. The van der Waals surface area contributed by atoms with Crippen LogP contribution in [0.1, 0.15) is 0 Å². The smallest absolute Gasteiger partial charge is 2.00 e. The molecule has 0 N–H and O–H groups in total. The SMILES string of the molecule is [Ir].[O-2].[O-2].[Pt].[Ru].[Ti+4]. The summed E-state index contributed by atoms with van der Waals surface area (Å²) in [5.74, 6) is 0. The van der Waals surface area contributed by atoms with Gasteiger partial charge in [-0.25, -0.2) is 0 Å². The Morgan fingerprint density at radius 3 is 0.833 bits per heavy atom. The van der Waals surface area contributed by atoms with Gasteiger partial charge in [0.15, 0.2) is 0 Å². The molecule has 0 amide bonds. The van der Waals surface area contributed by atoms with Gasteiger partial charge in [0, 0.05) is 60.6 Å². The standard InChI is InChI=1S/Ir.2O.Pt.Ru.Ti/q;2*-2;;;+4. The number of rotatable bonds is 0. The molecule has 0 aromatic carbocycles. The molecule has 0 aliphatic heterocycles. The van der Waals surface area contributed by atoms with Crippen molar-refractivity contribution in [2.75, 3.05) is 0 Å². The van der Waals surface area contributed by atoms with Crippen LogP contribution in [0.4, 0.5) is 0 Å². The van der Waals surface area contributed by atoms with E-state index in [-0.39, 0.29) is 93.3 Å². The van der Waals surface area contributed by atoms with Gasteiger partial charge in [-0.3, -0.25) is 0 Å². The molecule has 0 aliphatic carbocycles. The predicted octanol–water partition coefficient (Wildman–Crippen LogP) is -0.248. The van der Waals surface area contributed by atoms with Gasteiger partial charge < -0.3 is 11.0 Å². The molecule has 0 aromatic heterocycles. The summed E-state index contributed by atoms with van der Waals surface area (Å²) in [4.78, 5) is 0. The van der Waals surface area contributed by atoms with Crippen molar-refractivity contribution < 1.29 is 93.3 Å². The Labute approximate surface area is 92.1 Å². The maximum absolute atomic E-state index is 0. The maximum atomic E-state index is 0. The Morgan fingerprint density at radius 1 is 0.833 bits per heavy atom. The second-order valence-corrected chi connectivity index (χ2v) is 0. The van der Waals surface area contributed by atoms with Crippen LogP contribution in [0.25, 0.3) is 0 Å². The van der Waals surface area contributed by atoms with Gasteiger partial charge in [-0.15, -0.1) is 0 Å². The Hall–Kier alpha value is 2.60. The van der Waals surface area contributed by atoms with Gasteiger partial charge in [0.25, 0.3) is 0 Å². The molecule has 0 saturated carbocycles. The molecule has 0 unspecified atom stereocenters. The average molecular weight is 568 g/mol. The van der Waals surface area contributed by atoms with Crippen LogP contribution in [0.15, 0.2) is 0 Å². The Bertz CT molecular complexity index is 13.5. The van der Waals surface area contributed by atoms with Crippen molar-refractivity contribution in [3.05, 3.63) is 0 Å². The molecule has 6 heavy (non-hydrogen) atoms. The summed E-state index contributed by atoms with van der Waals surface area (Å²) in [5, 5.41) is 0. The fraction of sp³-hybridized carbons (Fsp3) is 0. The van der Waals surface area contributed by atoms with Crippen molar-refractivity contribution >= 4 is 0 Å². The fourth-order valence-corrected chi connectivity index (χ4v) is 0. The Morgan fingerprint density at radius 2 is 0.833 bits per heavy atom. The van der Waals surface area contributed by atoms with Crippen molar-refractivity contribution in [2.45, 2.75) is 0 Å². The molecule has 0 fully saturated rings. The Kier molecular flexibility index (Phi) is 602. The molecule has 6 heteroatoms. The van der Waals surface area contributed by atoms with Crippen molar-refractivity contribution in [1.29, 1.82) is 0 Å². The molecule has 0 bridgehead atoms. The monoisotopic (exact) mass is 570 g/mol. The molecule has 2 nitrogen and oxygen atoms in total. The maximum Gasteiger partial charge on any atom is 4.00 e. The summed E-state index contributed by atoms with van der Waals surface area (Å²) < 4.78 is 0. The number of hydrogen-bond donors (Lipinski definition) is 0. The van der Waals surface area contributed by atoms with Gasteiger partial charge in [-0.2, -0.15) is 0 Å². The Balaban J connectivity index is 0. The third-order valence-electron chi connectivity index (χ3n) is 0. The van der Waals surface area contributed by atoms with Crippen LogP contribution in [0.3, 0.4) is 0 Å². The van der Waals surface area contributed by atoms with Crippen LogP contribution in [-0.2, 0) is 93.3 Å². The van der Waals surface area contributed by atoms with Gasteiger partial charge in [0.1, 0.15) is 0 Å². The van der Waals surface area contributed by atoms with E-state index in [1.807, 2.05) is 0 Å². The first-order valence-corrected chi connectivity index (χ1v) is 0. The first kappa shape index (κ1) is 73.6. The van der Waals surface area contributed by atoms with Gasteiger partial charge in [-0.05, 0) is 0 Å². The minimum absolute atomic E-state index is 0.